The lowest BCUT2D eigenvalue weighted by molar-refractivity contribution is -0.146. The van der Waals surface area contributed by atoms with Crippen molar-refractivity contribution in [3.05, 3.63) is 0 Å². The first-order valence-electron chi connectivity index (χ1n) is 12.7. The van der Waals surface area contributed by atoms with Crippen LogP contribution in [0.2, 0.25) is 0 Å². The number of hydrogen-bond acceptors (Lipinski definition) is 11. The van der Waals surface area contributed by atoms with Gasteiger partial charge in [0.05, 0.1) is 106 Å². The fourth-order valence-electron chi connectivity index (χ4n) is 2.53. The van der Waals surface area contributed by atoms with Crippen LogP contribution in [0.25, 0.3) is 0 Å². The van der Waals surface area contributed by atoms with Gasteiger partial charge in [-0.1, -0.05) is 0 Å². The highest BCUT2D eigenvalue weighted by molar-refractivity contribution is 6.17. The zero-order chi connectivity index (χ0) is 27.1. The molecule has 0 aliphatic rings. The molecule has 0 aromatic rings. The van der Waals surface area contributed by atoms with Crippen LogP contribution in [0.4, 0.5) is 0 Å². The van der Waals surface area contributed by atoms with E-state index in [1.165, 1.54) is 0 Å². The number of alkyl halides is 1. The van der Waals surface area contributed by atoms with E-state index in [1.807, 2.05) is 0 Å². The highest BCUT2D eigenvalue weighted by atomic mass is 35.5. The van der Waals surface area contributed by atoms with Gasteiger partial charge >= 0.3 is 11.9 Å². The Kier molecular flexibility index (Phi) is 30.2. The minimum atomic E-state index is -0.861. The van der Waals surface area contributed by atoms with E-state index in [0.717, 1.165) is 0 Å². The summed E-state index contributed by atoms with van der Waals surface area (Å²) in [5.41, 5.74) is 0. The summed E-state index contributed by atoms with van der Waals surface area (Å²) in [5.74, 6) is -0.716. The van der Waals surface area contributed by atoms with Gasteiger partial charge in [0.1, 0.15) is 6.61 Å². The van der Waals surface area contributed by atoms with Gasteiger partial charge in [0, 0.05) is 18.7 Å². The van der Waals surface area contributed by atoms with Gasteiger partial charge in [0.15, 0.2) is 0 Å². The predicted octanol–water partition coefficient (Wildman–Crippen LogP) is 1.55. The molecule has 0 aromatic heterocycles. The minimum absolute atomic E-state index is 0.0632. The van der Waals surface area contributed by atoms with Crippen LogP contribution in [0, 0.1) is 0 Å². The van der Waals surface area contributed by atoms with Gasteiger partial charge in [-0.2, -0.15) is 0 Å². The van der Waals surface area contributed by atoms with Crippen molar-refractivity contribution in [2.24, 2.45) is 0 Å². The van der Waals surface area contributed by atoms with Crippen LogP contribution in [0.15, 0.2) is 0 Å². The number of halogens is 1. The molecule has 0 heterocycles. The largest absolute Gasteiger partial charge is 0.481 e. The molecule has 220 valence electrons. The molecule has 0 aliphatic carbocycles. The van der Waals surface area contributed by atoms with Gasteiger partial charge in [-0.05, 0) is 12.8 Å². The maximum Gasteiger partial charge on any atom is 0.305 e. The van der Waals surface area contributed by atoms with Crippen LogP contribution in [0.5, 0.6) is 0 Å². The minimum Gasteiger partial charge on any atom is -0.481 e. The second kappa shape index (κ2) is 31.1. The van der Waals surface area contributed by atoms with E-state index in [4.69, 9.17) is 59.3 Å². The number of carbonyl (C=O) groups excluding carboxylic acids is 1. The second-order valence-electron chi connectivity index (χ2n) is 7.41. The highest BCUT2D eigenvalue weighted by Gasteiger charge is 2.04. The SMILES string of the molecule is O=C(O)CCCCC(=O)OCCOCCOCCOCCOCCOCCOCCOCCOCCCl. The fourth-order valence-corrected chi connectivity index (χ4v) is 2.64. The summed E-state index contributed by atoms with van der Waals surface area (Å²) in [4.78, 5) is 21.8. The lowest BCUT2D eigenvalue weighted by Crippen LogP contribution is -2.15. The zero-order valence-corrected chi connectivity index (χ0v) is 22.6. The molecule has 0 spiro atoms. The van der Waals surface area contributed by atoms with Gasteiger partial charge < -0.3 is 47.7 Å². The average Bonchev–Trinajstić information content (AvgIpc) is 2.88. The summed E-state index contributed by atoms with van der Waals surface area (Å²) in [6.07, 6.45) is 1.25. The molecule has 0 saturated heterocycles. The molecule has 0 atom stereocenters. The Bertz CT molecular complexity index is 498. The van der Waals surface area contributed by atoms with Gasteiger partial charge in [-0.3, -0.25) is 9.59 Å². The Labute approximate surface area is 225 Å². The molecule has 0 unspecified atom stereocenters. The molecular weight excluding hydrogens is 516 g/mol. The molecule has 0 fully saturated rings. The van der Waals surface area contributed by atoms with Crippen LogP contribution >= 0.6 is 11.6 Å². The highest BCUT2D eigenvalue weighted by Crippen LogP contribution is 2.01. The van der Waals surface area contributed by atoms with E-state index in [9.17, 15) is 9.59 Å². The maximum atomic E-state index is 11.4. The van der Waals surface area contributed by atoms with Crippen molar-refractivity contribution in [2.75, 3.05) is 118 Å². The predicted molar refractivity (Wildman–Crippen MR) is 134 cm³/mol. The number of carbonyl (C=O) groups is 2. The molecule has 0 aromatic carbocycles. The number of ether oxygens (including phenoxy) is 9. The lowest BCUT2D eigenvalue weighted by atomic mass is 10.2. The van der Waals surface area contributed by atoms with E-state index in [2.05, 4.69) is 0 Å². The zero-order valence-electron chi connectivity index (χ0n) is 21.9. The smallest absolute Gasteiger partial charge is 0.305 e. The van der Waals surface area contributed by atoms with E-state index in [-0.39, 0.29) is 32.0 Å². The van der Waals surface area contributed by atoms with Crippen LogP contribution in [0.3, 0.4) is 0 Å². The van der Waals surface area contributed by atoms with Crippen molar-refractivity contribution in [1.82, 2.24) is 0 Å². The molecule has 13 heteroatoms. The third kappa shape index (κ3) is 32.9. The van der Waals surface area contributed by atoms with Crippen LogP contribution in [-0.2, 0) is 52.2 Å². The Morgan fingerprint density at radius 1 is 0.459 bits per heavy atom. The van der Waals surface area contributed by atoms with E-state index in [1.54, 1.807) is 0 Å². The number of carboxylic acids is 1. The number of aliphatic carboxylic acids is 1. The van der Waals surface area contributed by atoms with Crippen molar-refractivity contribution >= 4 is 23.5 Å². The molecular formula is C24H45ClO12. The monoisotopic (exact) mass is 560 g/mol. The molecule has 12 nitrogen and oxygen atoms in total. The van der Waals surface area contributed by atoms with Crippen molar-refractivity contribution in [1.29, 1.82) is 0 Å². The average molecular weight is 561 g/mol. The lowest BCUT2D eigenvalue weighted by Gasteiger charge is -2.09. The molecule has 0 aliphatic heterocycles. The number of esters is 1. The van der Waals surface area contributed by atoms with E-state index < -0.39 is 5.97 Å². The molecule has 0 amide bonds. The summed E-state index contributed by atoms with van der Waals surface area (Å²) >= 11 is 5.49. The third-order valence-corrected chi connectivity index (χ3v) is 4.49. The maximum absolute atomic E-state index is 11.4. The van der Waals surface area contributed by atoms with Crippen LogP contribution in [0.1, 0.15) is 25.7 Å². The van der Waals surface area contributed by atoms with E-state index in [0.29, 0.717) is 118 Å². The number of hydrogen-bond donors (Lipinski definition) is 1. The van der Waals surface area contributed by atoms with Crippen molar-refractivity contribution in [3.8, 4) is 0 Å². The first kappa shape index (κ1) is 35.9. The first-order valence-corrected chi connectivity index (χ1v) is 13.3. The Morgan fingerprint density at radius 2 is 0.757 bits per heavy atom. The Balaban J connectivity index is 3.09. The molecule has 0 bridgehead atoms. The standard InChI is InChI=1S/C24H45ClO12/c25-5-6-29-7-8-30-9-10-31-11-12-32-13-14-33-15-16-34-17-18-35-19-20-36-21-22-37-24(28)4-2-1-3-23(26)27/h1-22H2,(H,26,27). The molecule has 1 N–H and O–H groups in total. The van der Waals surface area contributed by atoms with Gasteiger partial charge in [-0.25, -0.2) is 0 Å². The van der Waals surface area contributed by atoms with Crippen molar-refractivity contribution in [3.63, 3.8) is 0 Å². The fraction of sp³-hybridized carbons (Fsp3) is 0.917. The Hall–Kier alpha value is -1.09. The summed E-state index contributed by atoms with van der Waals surface area (Å²) in [5, 5.41) is 8.52. The Morgan fingerprint density at radius 3 is 1.08 bits per heavy atom. The molecule has 0 radical (unpaired) electrons. The first-order chi connectivity index (χ1) is 18.2. The molecule has 37 heavy (non-hydrogen) atoms. The molecule has 0 saturated carbocycles. The van der Waals surface area contributed by atoms with Crippen LogP contribution < -0.4 is 0 Å². The summed E-state index contributed by atoms with van der Waals surface area (Å²) in [6.45, 7) is 7.75. The summed E-state index contributed by atoms with van der Waals surface area (Å²) < 4.78 is 47.8. The van der Waals surface area contributed by atoms with Crippen molar-refractivity contribution < 1.29 is 57.3 Å². The number of unbranched alkanes of at least 4 members (excludes halogenated alkanes) is 1. The third-order valence-electron chi connectivity index (χ3n) is 4.34. The van der Waals surface area contributed by atoms with E-state index >= 15 is 0 Å². The summed E-state index contributed by atoms with van der Waals surface area (Å²) in [6, 6.07) is 0. The molecule has 0 rings (SSSR count). The number of carboxylic acid groups (broad SMARTS) is 1. The van der Waals surface area contributed by atoms with Gasteiger partial charge in [0.2, 0.25) is 0 Å². The second-order valence-corrected chi connectivity index (χ2v) is 7.79. The van der Waals surface area contributed by atoms with Crippen LogP contribution in [-0.4, -0.2) is 135 Å². The van der Waals surface area contributed by atoms with Crippen molar-refractivity contribution in [2.45, 2.75) is 25.7 Å². The van der Waals surface area contributed by atoms with Gasteiger partial charge in [0.25, 0.3) is 0 Å². The normalized spacial score (nSPS) is 11.2. The van der Waals surface area contributed by atoms with Gasteiger partial charge in [-0.15, -0.1) is 11.6 Å². The topological polar surface area (TPSA) is 137 Å². The number of rotatable bonds is 31. The summed E-state index contributed by atoms with van der Waals surface area (Å²) in [7, 11) is 0. The quantitative estimate of drug-likeness (QED) is 0.0747.